The normalized spacial score (nSPS) is 20.9. The molecule has 2 heterocycles. The van der Waals surface area contributed by atoms with E-state index >= 15 is 0 Å². The summed E-state index contributed by atoms with van der Waals surface area (Å²) in [6, 6.07) is 1.43. The molecule has 1 aliphatic rings. The van der Waals surface area contributed by atoms with Gasteiger partial charge < -0.3 is 9.72 Å². The number of aromatic amines is 1. The van der Waals surface area contributed by atoms with Crippen molar-refractivity contribution >= 4 is 11.6 Å². The Morgan fingerprint density at radius 3 is 3.12 bits per heavy atom. The Morgan fingerprint density at radius 1 is 1.56 bits per heavy atom. The second kappa shape index (κ2) is 5.46. The molecule has 1 saturated heterocycles. The van der Waals surface area contributed by atoms with Crippen molar-refractivity contribution in [1.29, 1.82) is 0 Å². The maximum absolute atomic E-state index is 11.3. The van der Waals surface area contributed by atoms with Crippen LogP contribution in [0.2, 0.25) is 0 Å². The Labute approximate surface area is 99.0 Å². The average Bonchev–Trinajstić information content (AvgIpc) is 2.29. The van der Waals surface area contributed by atoms with Crippen molar-refractivity contribution in [3.8, 4) is 0 Å². The highest BCUT2D eigenvalue weighted by atomic mass is 35.5. The number of rotatable bonds is 3. The number of nitrogens with one attached hydrogen (secondary N) is 1. The Hall–Kier alpha value is -0.870. The first-order chi connectivity index (χ1) is 7.78. The van der Waals surface area contributed by atoms with Gasteiger partial charge in [-0.25, -0.2) is 4.98 Å². The summed E-state index contributed by atoms with van der Waals surface area (Å²) in [5.41, 5.74) is 0.479. The second-order valence-electron chi connectivity index (χ2n) is 4.01. The molecule has 1 N–H and O–H groups in total. The number of aromatic nitrogens is 2. The van der Waals surface area contributed by atoms with Gasteiger partial charge in [0.25, 0.3) is 5.56 Å². The Balaban J connectivity index is 2.07. The van der Waals surface area contributed by atoms with Crippen LogP contribution in [0.15, 0.2) is 10.9 Å². The standard InChI is InChI=1S/C11H15ClN2O2/c12-7-8-5-11(15)14-10(13-8)6-9-3-1-2-4-16-9/h5,9H,1-4,6-7H2,(H,13,14,15). The van der Waals surface area contributed by atoms with E-state index in [2.05, 4.69) is 9.97 Å². The third-order valence-corrected chi connectivity index (χ3v) is 2.95. The van der Waals surface area contributed by atoms with Crippen LogP contribution in [0, 0.1) is 0 Å². The zero-order chi connectivity index (χ0) is 11.4. The summed E-state index contributed by atoms with van der Waals surface area (Å²) in [6.07, 6.45) is 4.20. The van der Waals surface area contributed by atoms with Crippen LogP contribution in [0.4, 0.5) is 0 Å². The van der Waals surface area contributed by atoms with E-state index in [0.29, 0.717) is 17.9 Å². The minimum Gasteiger partial charge on any atom is -0.378 e. The smallest absolute Gasteiger partial charge is 0.251 e. The molecule has 0 radical (unpaired) electrons. The van der Waals surface area contributed by atoms with Crippen molar-refractivity contribution in [1.82, 2.24) is 9.97 Å². The van der Waals surface area contributed by atoms with Gasteiger partial charge in [-0.2, -0.15) is 0 Å². The molecule has 0 aliphatic carbocycles. The molecule has 0 saturated carbocycles. The van der Waals surface area contributed by atoms with Crippen LogP contribution in [-0.4, -0.2) is 22.7 Å². The third-order valence-electron chi connectivity index (χ3n) is 2.68. The highest BCUT2D eigenvalue weighted by Crippen LogP contribution is 2.15. The third kappa shape index (κ3) is 3.06. The van der Waals surface area contributed by atoms with Crippen molar-refractivity contribution < 1.29 is 4.74 Å². The summed E-state index contributed by atoms with van der Waals surface area (Å²) < 4.78 is 5.60. The highest BCUT2D eigenvalue weighted by molar-refractivity contribution is 6.16. The number of halogens is 1. The fourth-order valence-electron chi connectivity index (χ4n) is 1.91. The van der Waals surface area contributed by atoms with E-state index in [9.17, 15) is 4.79 Å². The zero-order valence-electron chi connectivity index (χ0n) is 9.04. The van der Waals surface area contributed by atoms with Crippen LogP contribution < -0.4 is 5.56 Å². The van der Waals surface area contributed by atoms with Gasteiger partial charge in [-0.05, 0) is 19.3 Å². The van der Waals surface area contributed by atoms with Crippen LogP contribution in [0.1, 0.15) is 30.8 Å². The van der Waals surface area contributed by atoms with Crippen molar-refractivity contribution in [2.75, 3.05) is 6.61 Å². The van der Waals surface area contributed by atoms with E-state index in [1.807, 2.05) is 0 Å². The number of ether oxygens (including phenoxy) is 1. The van der Waals surface area contributed by atoms with E-state index < -0.39 is 0 Å². The monoisotopic (exact) mass is 242 g/mol. The minimum atomic E-state index is -0.142. The van der Waals surface area contributed by atoms with E-state index in [4.69, 9.17) is 16.3 Å². The molecule has 1 aromatic rings. The topological polar surface area (TPSA) is 55.0 Å². The van der Waals surface area contributed by atoms with Crippen LogP contribution >= 0.6 is 11.6 Å². The lowest BCUT2D eigenvalue weighted by molar-refractivity contribution is 0.0156. The lowest BCUT2D eigenvalue weighted by Gasteiger charge is -2.21. The summed E-state index contributed by atoms with van der Waals surface area (Å²) in [5.74, 6) is 0.942. The summed E-state index contributed by atoms with van der Waals surface area (Å²) in [5, 5.41) is 0. The largest absolute Gasteiger partial charge is 0.378 e. The quantitative estimate of drug-likeness (QED) is 0.820. The zero-order valence-corrected chi connectivity index (χ0v) is 9.79. The molecule has 1 aliphatic heterocycles. The first-order valence-electron chi connectivity index (χ1n) is 5.54. The predicted octanol–water partition coefficient (Wildman–Crippen LogP) is 1.62. The molecule has 0 amide bonds. The Bertz CT molecular complexity index is 399. The summed E-state index contributed by atoms with van der Waals surface area (Å²) >= 11 is 5.67. The van der Waals surface area contributed by atoms with E-state index in [0.717, 1.165) is 19.4 Å². The van der Waals surface area contributed by atoms with Gasteiger partial charge in [0.15, 0.2) is 0 Å². The number of hydrogen-bond donors (Lipinski definition) is 1. The molecule has 1 atom stereocenters. The molecule has 4 nitrogen and oxygen atoms in total. The molecule has 1 unspecified atom stereocenters. The van der Waals surface area contributed by atoms with Crippen molar-refractivity contribution in [2.24, 2.45) is 0 Å². The van der Waals surface area contributed by atoms with E-state index in [1.54, 1.807) is 0 Å². The lowest BCUT2D eigenvalue weighted by atomic mass is 10.1. The van der Waals surface area contributed by atoms with Crippen molar-refractivity contribution in [3.63, 3.8) is 0 Å². The number of H-pyrrole nitrogens is 1. The molecule has 2 rings (SSSR count). The number of nitrogens with zero attached hydrogens (tertiary/aromatic N) is 1. The molecule has 16 heavy (non-hydrogen) atoms. The second-order valence-corrected chi connectivity index (χ2v) is 4.28. The fraction of sp³-hybridized carbons (Fsp3) is 0.636. The first-order valence-corrected chi connectivity index (χ1v) is 6.08. The van der Waals surface area contributed by atoms with Gasteiger partial charge in [-0.3, -0.25) is 4.79 Å². The van der Waals surface area contributed by atoms with Gasteiger partial charge in [0.1, 0.15) is 5.82 Å². The Morgan fingerprint density at radius 2 is 2.44 bits per heavy atom. The van der Waals surface area contributed by atoms with Gasteiger partial charge in [0.05, 0.1) is 17.7 Å². The molecule has 5 heteroatoms. The van der Waals surface area contributed by atoms with Crippen molar-refractivity contribution in [3.05, 3.63) is 27.9 Å². The molecule has 1 fully saturated rings. The van der Waals surface area contributed by atoms with Gasteiger partial charge in [0, 0.05) is 19.1 Å². The Kier molecular flexibility index (Phi) is 3.96. The van der Waals surface area contributed by atoms with Crippen molar-refractivity contribution in [2.45, 2.75) is 37.7 Å². The highest BCUT2D eigenvalue weighted by Gasteiger charge is 2.15. The van der Waals surface area contributed by atoms with E-state index in [1.165, 1.54) is 12.5 Å². The summed E-state index contributed by atoms with van der Waals surface area (Å²) in [6.45, 7) is 0.810. The summed E-state index contributed by atoms with van der Waals surface area (Å²) in [4.78, 5) is 18.3. The summed E-state index contributed by atoms with van der Waals surface area (Å²) in [7, 11) is 0. The molecule has 0 bridgehead atoms. The van der Waals surface area contributed by atoms with Gasteiger partial charge in [0.2, 0.25) is 0 Å². The minimum absolute atomic E-state index is 0.142. The maximum Gasteiger partial charge on any atom is 0.251 e. The van der Waals surface area contributed by atoms with Crippen LogP contribution in [0.5, 0.6) is 0 Å². The van der Waals surface area contributed by atoms with E-state index in [-0.39, 0.29) is 17.5 Å². The molecule has 0 aromatic carbocycles. The van der Waals surface area contributed by atoms with Gasteiger partial charge in [-0.1, -0.05) is 0 Å². The fourth-order valence-corrected chi connectivity index (χ4v) is 2.05. The van der Waals surface area contributed by atoms with Crippen LogP contribution in [0.3, 0.4) is 0 Å². The van der Waals surface area contributed by atoms with Crippen LogP contribution in [-0.2, 0) is 17.0 Å². The average molecular weight is 243 g/mol. The molecule has 1 aromatic heterocycles. The molecule has 0 spiro atoms. The molecular formula is C11H15ClN2O2. The molecule has 88 valence electrons. The first kappa shape index (κ1) is 11.6. The predicted molar refractivity (Wildman–Crippen MR) is 61.7 cm³/mol. The maximum atomic E-state index is 11.3. The number of alkyl halides is 1. The SMILES string of the molecule is O=c1cc(CCl)nc(CC2CCCCO2)[nH]1. The lowest BCUT2D eigenvalue weighted by Crippen LogP contribution is -2.24. The molecular weight excluding hydrogens is 228 g/mol. The van der Waals surface area contributed by atoms with Gasteiger partial charge in [-0.15, -0.1) is 11.6 Å². The number of hydrogen-bond acceptors (Lipinski definition) is 3. The van der Waals surface area contributed by atoms with Crippen LogP contribution in [0.25, 0.3) is 0 Å². The van der Waals surface area contributed by atoms with Gasteiger partial charge >= 0.3 is 0 Å².